The number of nitrogens with two attached hydrogens (primary N) is 1. The van der Waals surface area contributed by atoms with E-state index < -0.39 is 12.1 Å². The quantitative estimate of drug-likeness (QED) is 0.593. The molecule has 2 heterocycles. The third kappa shape index (κ3) is 1.83. The summed E-state index contributed by atoms with van der Waals surface area (Å²) in [5.41, 5.74) is 0.865. The number of hydrogen-bond donors (Lipinski definition) is 2. The first-order chi connectivity index (χ1) is 8.02. The largest absolute Gasteiger partial charge is 0.467 e. The SMILES string of the molecule is CC(=O)C1=C(C)N(N)C(=O)N[C@@H]1c1ccco1. The summed E-state index contributed by atoms with van der Waals surface area (Å²) in [5.74, 6) is 5.90. The topological polar surface area (TPSA) is 88.6 Å². The second-order valence-corrected chi connectivity index (χ2v) is 3.82. The molecule has 0 radical (unpaired) electrons. The van der Waals surface area contributed by atoms with Gasteiger partial charge in [0.15, 0.2) is 5.78 Å². The Morgan fingerprint density at radius 1 is 1.59 bits per heavy atom. The van der Waals surface area contributed by atoms with Crippen LogP contribution in [0.5, 0.6) is 0 Å². The minimum absolute atomic E-state index is 0.153. The highest BCUT2D eigenvalue weighted by Crippen LogP contribution is 2.29. The zero-order valence-corrected chi connectivity index (χ0v) is 9.56. The molecule has 6 heteroatoms. The maximum absolute atomic E-state index is 11.6. The molecule has 0 fully saturated rings. The molecule has 3 N–H and O–H groups in total. The zero-order valence-electron chi connectivity index (χ0n) is 9.56. The highest BCUT2D eigenvalue weighted by Gasteiger charge is 2.34. The first kappa shape index (κ1) is 11.4. The molecule has 6 nitrogen and oxygen atoms in total. The van der Waals surface area contributed by atoms with Crippen molar-refractivity contribution in [1.82, 2.24) is 10.3 Å². The van der Waals surface area contributed by atoms with Gasteiger partial charge >= 0.3 is 6.03 Å². The zero-order chi connectivity index (χ0) is 12.6. The lowest BCUT2D eigenvalue weighted by Gasteiger charge is -2.31. The van der Waals surface area contributed by atoms with E-state index in [0.29, 0.717) is 17.0 Å². The van der Waals surface area contributed by atoms with Crippen LogP contribution in [0.3, 0.4) is 0 Å². The van der Waals surface area contributed by atoms with Crippen LogP contribution in [0.25, 0.3) is 0 Å². The number of rotatable bonds is 2. The molecule has 17 heavy (non-hydrogen) atoms. The summed E-state index contributed by atoms with van der Waals surface area (Å²) >= 11 is 0. The van der Waals surface area contributed by atoms with Crippen LogP contribution in [-0.4, -0.2) is 16.8 Å². The Hall–Kier alpha value is -2.08. The first-order valence-electron chi connectivity index (χ1n) is 5.12. The monoisotopic (exact) mass is 235 g/mol. The van der Waals surface area contributed by atoms with Crippen molar-refractivity contribution in [3.63, 3.8) is 0 Å². The van der Waals surface area contributed by atoms with Gasteiger partial charge in [0.25, 0.3) is 0 Å². The predicted octanol–water partition coefficient (Wildman–Crippen LogP) is 1.08. The summed E-state index contributed by atoms with van der Waals surface area (Å²) in [6, 6.07) is 2.36. The standard InChI is InChI=1S/C11H13N3O3/c1-6-9(7(2)15)10(8-4-3-5-17-8)13-11(16)14(6)12/h3-5,10H,12H2,1-2H3,(H,13,16)/t10-/m1/s1. The van der Waals surface area contributed by atoms with E-state index in [1.54, 1.807) is 19.1 Å². The number of Topliss-reactive ketones (excluding diaryl/α,β-unsaturated/α-hetero) is 1. The van der Waals surface area contributed by atoms with E-state index in [2.05, 4.69) is 5.32 Å². The van der Waals surface area contributed by atoms with Crippen LogP contribution in [0.15, 0.2) is 34.1 Å². The smallest absolute Gasteiger partial charge is 0.336 e. The maximum atomic E-state index is 11.6. The van der Waals surface area contributed by atoms with Crippen LogP contribution in [-0.2, 0) is 4.79 Å². The molecule has 0 saturated heterocycles. The Labute approximate surface area is 98.0 Å². The van der Waals surface area contributed by atoms with Crippen LogP contribution in [0, 0.1) is 0 Å². The highest BCUT2D eigenvalue weighted by molar-refractivity contribution is 5.98. The summed E-state index contributed by atoms with van der Waals surface area (Å²) in [5, 5.41) is 3.55. The third-order valence-corrected chi connectivity index (χ3v) is 2.73. The van der Waals surface area contributed by atoms with Gasteiger partial charge in [-0.3, -0.25) is 4.79 Å². The number of amides is 2. The van der Waals surface area contributed by atoms with Gasteiger partial charge in [-0.25, -0.2) is 15.6 Å². The molecule has 90 valence electrons. The Kier molecular flexibility index (Phi) is 2.72. The fraction of sp³-hybridized carbons (Fsp3) is 0.273. The summed E-state index contributed by atoms with van der Waals surface area (Å²) in [7, 11) is 0. The Balaban J connectivity index is 2.51. The molecular formula is C11H13N3O3. The van der Waals surface area contributed by atoms with Gasteiger partial charge in [0.2, 0.25) is 0 Å². The van der Waals surface area contributed by atoms with Gasteiger partial charge in [0.05, 0.1) is 6.26 Å². The third-order valence-electron chi connectivity index (χ3n) is 2.73. The lowest BCUT2D eigenvalue weighted by molar-refractivity contribution is -0.114. The van der Waals surface area contributed by atoms with Crippen molar-refractivity contribution in [3.05, 3.63) is 35.4 Å². The van der Waals surface area contributed by atoms with Crippen molar-refractivity contribution in [2.24, 2.45) is 5.84 Å². The van der Waals surface area contributed by atoms with Crippen molar-refractivity contribution >= 4 is 11.8 Å². The fourth-order valence-electron chi connectivity index (χ4n) is 1.88. The van der Waals surface area contributed by atoms with Gasteiger partial charge in [-0.1, -0.05) is 0 Å². The average Bonchev–Trinajstić information content (AvgIpc) is 2.77. The second kappa shape index (κ2) is 4.06. The summed E-state index contributed by atoms with van der Waals surface area (Å²) in [6.45, 7) is 3.06. The number of nitrogens with zero attached hydrogens (tertiary/aromatic N) is 1. The molecule has 2 rings (SSSR count). The molecule has 1 atom stereocenters. The highest BCUT2D eigenvalue weighted by atomic mass is 16.3. The van der Waals surface area contributed by atoms with E-state index >= 15 is 0 Å². The van der Waals surface area contributed by atoms with Crippen molar-refractivity contribution in [2.45, 2.75) is 19.9 Å². The molecule has 2 amide bonds. The number of ketones is 1. The molecular weight excluding hydrogens is 222 g/mol. The van der Waals surface area contributed by atoms with Crippen LogP contribution in [0.4, 0.5) is 4.79 Å². The normalized spacial score (nSPS) is 20.5. The molecule has 1 aliphatic heterocycles. The summed E-state index contributed by atoms with van der Waals surface area (Å²) < 4.78 is 5.22. The first-order valence-corrected chi connectivity index (χ1v) is 5.12. The molecule has 1 aliphatic rings. The van der Waals surface area contributed by atoms with E-state index in [-0.39, 0.29) is 5.78 Å². The van der Waals surface area contributed by atoms with E-state index in [4.69, 9.17) is 10.3 Å². The van der Waals surface area contributed by atoms with E-state index in [1.807, 2.05) is 0 Å². The van der Waals surface area contributed by atoms with E-state index in [1.165, 1.54) is 13.2 Å². The summed E-state index contributed by atoms with van der Waals surface area (Å²) in [4.78, 5) is 23.2. The average molecular weight is 235 g/mol. The van der Waals surface area contributed by atoms with Gasteiger partial charge in [-0.05, 0) is 26.0 Å². The van der Waals surface area contributed by atoms with Gasteiger partial charge in [-0.15, -0.1) is 0 Å². The van der Waals surface area contributed by atoms with Gasteiger partial charge in [0, 0.05) is 11.3 Å². The van der Waals surface area contributed by atoms with Crippen molar-refractivity contribution in [1.29, 1.82) is 0 Å². The number of hydrogen-bond acceptors (Lipinski definition) is 4. The van der Waals surface area contributed by atoms with E-state index in [0.717, 1.165) is 5.01 Å². The molecule has 0 unspecified atom stereocenters. The molecule has 0 aliphatic carbocycles. The maximum Gasteiger partial charge on any atom is 0.336 e. The van der Waals surface area contributed by atoms with Gasteiger partial charge < -0.3 is 9.73 Å². The number of carbonyl (C=O) groups excluding carboxylic acids is 2. The molecule has 0 aromatic carbocycles. The van der Waals surface area contributed by atoms with E-state index in [9.17, 15) is 9.59 Å². The van der Waals surface area contributed by atoms with Crippen molar-refractivity contribution in [3.8, 4) is 0 Å². The minimum atomic E-state index is -0.574. The molecule has 0 spiro atoms. The number of nitrogens with one attached hydrogen (secondary N) is 1. The van der Waals surface area contributed by atoms with Gasteiger partial charge in [-0.2, -0.15) is 0 Å². The Morgan fingerprint density at radius 2 is 2.29 bits per heavy atom. The minimum Gasteiger partial charge on any atom is -0.467 e. The number of furan rings is 1. The number of urea groups is 1. The van der Waals surface area contributed by atoms with Crippen LogP contribution >= 0.6 is 0 Å². The molecule has 1 aromatic heterocycles. The molecule has 1 aromatic rings. The van der Waals surface area contributed by atoms with Crippen molar-refractivity contribution < 1.29 is 14.0 Å². The number of allylic oxidation sites excluding steroid dienone is 1. The van der Waals surface area contributed by atoms with Crippen molar-refractivity contribution in [2.75, 3.05) is 0 Å². The number of hydrazine groups is 1. The van der Waals surface area contributed by atoms with Gasteiger partial charge in [0.1, 0.15) is 11.8 Å². The van der Waals surface area contributed by atoms with Crippen LogP contribution in [0.1, 0.15) is 25.6 Å². The predicted molar refractivity (Wildman–Crippen MR) is 59.4 cm³/mol. The lowest BCUT2D eigenvalue weighted by atomic mass is 9.97. The van der Waals surface area contributed by atoms with Crippen LogP contribution < -0.4 is 11.2 Å². The van der Waals surface area contributed by atoms with Crippen LogP contribution in [0.2, 0.25) is 0 Å². The fourth-order valence-corrected chi connectivity index (χ4v) is 1.88. The Morgan fingerprint density at radius 3 is 2.82 bits per heavy atom. The second-order valence-electron chi connectivity index (χ2n) is 3.82. The Bertz CT molecular complexity index is 490. The summed E-state index contributed by atoms with van der Waals surface area (Å²) in [6.07, 6.45) is 1.49. The molecule has 0 saturated carbocycles. The number of carbonyl (C=O) groups is 2. The molecule has 0 bridgehead atoms. The lowest BCUT2D eigenvalue weighted by Crippen LogP contribution is -2.50.